The quantitative estimate of drug-likeness (QED) is 0.0527. The molecule has 1 fully saturated rings. The topological polar surface area (TPSA) is 172 Å². The number of aromatic nitrogens is 4. The number of aryl methyl sites for hydroxylation is 1. The molecular weight excluding hydrogens is 749 g/mol. The average Bonchev–Trinajstić information content (AvgIpc) is 3.82. The van der Waals surface area contributed by atoms with Crippen molar-refractivity contribution in [2.24, 2.45) is 21.5 Å². The second-order valence-corrected chi connectivity index (χ2v) is 11.6. The highest BCUT2D eigenvalue weighted by atomic mass is 32.1. The summed E-state index contributed by atoms with van der Waals surface area (Å²) in [6, 6.07) is 8.43. The molecular formula is C40H44N10O4S2. The molecule has 3 aromatic heterocycles. The molecule has 0 spiro atoms. The molecule has 16 heteroatoms. The number of ether oxygens (including phenoxy) is 1. The Bertz CT molecular complexity index is 2700. The van der Waals surface area contributed by atoms with Crippen molar-refractivity contribution in [1.82, 2.24) is 24.5 Å². The number of benzene rings is 1. The molecule has 0 radical (unpaired) electrons. The van der Waals surface area contributed by atoms with Crippen LogP contribution in [0.1, 0.15) is 52.7 Å². The van der Waals surface area contributed by atoms with Gasteiger partial charge in [-0.15, -0.1) is 11.3 Å². The van der Waals surface area contributed by atoms with E-state index in [4.69, 9.17) is 4.74 Å². The van der Waals surface area contributed by atoms with Gasteiger partial charge in [-0.2, -0.15) is 9.61 Å². The molecule has 56 heavy (non-hydrogen) atoms. The molecule has 0 atom stereocenters. The zero-order valence-corrected chi connectivity index (χ0v) is 32.1. The highest BCUT2D eigenvalue weighted by Crippen LogP contribution is 2.33. The standard InChI is InChI=1S/C20H21N5O2S.C20H6.H3N5O2S.7H2/c1-12-16(9-21-14-5-6-14)28-19-17(12)18-22-11-23-25(18)20(26)24(19)10-13-3-7-15(27-2)8-4-13;1-3-5-7-9-11-13-15-17-19-20-18-16-14-12-10-8-6-4-2;1-2-3-4-5(6)7-8;;;;;;;/h3-4,7-8,11,14,21H,5-6,9-10H2,1-2H3;1-2H3;8H,(H2,1,3);7*1H. The molecule has 14 nitrogen and oxygen atoms in total. The first-order chi connectivity index (χ1) is 27.4. The van der Waals surface area contributed by atoms with Crippen molar-refractivity contribution in [2.45, 2.75) is 52.7 Å². The lowest BCUT2D eigenvalue weighted by molar-refractivity contribution is -0.744. The van der Waals surface area contributed by atoms with E-state index < -0.39 is 0 Å². The van der Waals surface area contributed by atoms with Crippen molar-refractivity contribution >= 4 is 40.1 Å². The van der Waals surface area contributed by atoms with Gasteiger partial charge in [-0.3, -0.25) is 10.4 Å². The number of methoxy groups -OCH3 is 1. The second kappa shape index (κ2) is 24.5. The van der Waals surface area contributed by atoms with Crippen LogP contribution in [0.3, 0.4) is 0 Å². The first-order valence-electron chi connectivity index (χ1n) is 16.0. The number of thiol groups is 1. The third-order valence-corrected chi connectivity index (χ3v) is 8.16. The minimum atomic E-state index is -0.264. The summed E-state index contributed by atoms with van der Waals surface area (Å²) < 4.78 is 12.1. The summed E-state index contributed by atoms with van der Waals surface area (Å²) in [5, 5.41) is 26.3. The van der Waals surface area contributed by atoms with Crippen molar-refractivity contribution in [3.63, 3.8) is 0 Å². The summed E-state index contributed by atoms with van der Waals surface area (Å²) in [4.78, 5) is 19.7. The lowest BCUT2D eigenvalue weighted by Crippen LogP contribution is -2.27. The lowest BCUT2D eigenvalue weighted by Gasteiger charge is -2.09. The predicted molar refractivity (Wildman–Crippen MR) is 231 cm³/mol. The first kappa shape index (κ1) is 42.7. The average molecular weight is 793 g/mol. The van der Waals surface area contributed by atoms with Crippen molar-refractivity contribution in [2.75, 3.05) is 7.11 Å². The third-order valence-electron chi connectivity index (χ3n) is 6.71. The van der Waals surface area contributed by atoms with Gasteiger partial charge in [-0.25, -0.2) is 9.78 Å². The highest BCUT2D eigenvalue weighted by Gasteiger charge is 2.23. The van der Waals surface area contributed by atoms with Crippen LogP contribution in [-0.2, 0) is 17.4 Å². The van der Waals surface area contributed by atoms with E-state index in [0.717, 1.165) is 28.1 Å². The summed E-state index contributed by atoms with van der Waals surface area (Å²) >= 11 is 4.74. The second-order valence-electron chi connectivity index (χ2n) is 10.3. The number of nitrogens with one attached hydrogen (secondary N) is 1. The summed E-state index contributed by atoms with van der Waals surface area (Å²) in [5.74, 6) is 50.8. The highest BCUT2D eigenvalue weighted by molar-refractivity contribution is 7.74. The molecule has 0 unspecified atom stereocenters. The van der Waals surface area contributed by atoms with Crippen LogP contribution in [0, 0.1) is 119 Å². The Kier molecular flexibility index (Phi) is 18.7. The van der Waals surface area contributed by atoms with Crippen LogP contribution >= 0.6 is 24.2 Å². The summed E-state index contributed by atoms with van der Waals surface area (Å²) in [5.41, 5.74) is 2.68. The Hall–Kier alpha value is -7.72. The first-order valence-corrected chi connectivity index (χ1v) is 17.2. The Morgan fingerprint density at radius 1 is 0.964 bits per heavy atom. The Balaban J connectivity index is -0.000000287. The fourth-order valence-corrected chi connectivity index (χ4v) is 5.41. The molecule has 0 saturated heterocycles. The molecule has 290 valence electrons. The molecule has 3 N–H and O–H groups in total. The number of hydrogen-bond acceptors (Lipinski definition) is 10. The molecule has 1 aliphatic rings. The van der Waals surface area contributed by atoms with Crippen molar-refractivity contribution in [3.8, 4) is 112 Å². The summed E-state index contributed by atoms with van der Waals surface area (Å²) in [6.45, 7) is 6.82. The minimum absolute atomic E-state index is 0. The Morgan fingerprint density at radius 3 is 1.96 bits per heavy atom. The van der Waals surface area contributed by atoms with Crippen molar-refractivity contribution in [1.29, 1.82) is 0 Å². The number of thiophene rings is 1. The molecule has 1 saturated carbocycles. The molecule has 0 bridgehead atoms. The van der Waals surface area contributed by atoms with Crippen LogP contribution in [0.5, 0.6) is 5.75 Å². The third kappa shape index (κ3) is 14.4. The van der Waals surface area contributed by atoms with Gasteiger partial charge in [-0.1, -0.05) is 36.9 Å². The van der Waals surface area contributed by atoms with E-state index >= 15 is 0 Å². The van der Waals surface area contributed by atoms with E-state index in [1.54, 1.807) is 36.9 Å². The van der Waals surface area contributed by atoms with Gasteiger partial charge < -0.3 is 19.5 Å². The predicted octanol–water partition coefficient (Wildman–Crippen LogP) is 5.47. The van der Waals surface area contributed by atoms with E-state index in [-0.39, 0.29) is 20.7 Å². The fourth-order valence-electron chi connectivity index (χ4n) is 4.13. The number of nitrogens with zero attached hydrogens (tertiary/aromatic N) is 8. The van der Waals surface area contributed by atoms with Crippen LogP contribution in [0.2, 0.25) is 0 Å². The van der Waals surface area contributed by atoms with Crippen molar-refractivity contribution in [3.05, 3.63) is 62.3 Å². The van der Waals surface area contributed by atoms with Crippen LogP contribution in [-0.4, -0.2) is 37.3 Å². The number of rotatable bonds is 8. The van der Waals surface area contributed by atoms with Gasteiger partial charge in [0, 0.05) is 27.5 Å². The largest absolute Gasteiger partial charge is 0.497 e. The number of fused-ring (bicyclic) bond motifs is 3. The van der Waals surface area contributed by atoms with E-state index in [1.807, 2.05) is 24.3 Å². The molecule has 5 rings (SSSR count). The van der Waals surface area contributed by atoms with Gasteiger partial charge in [0.1, 0.15) is 16.9 Å². The van der Waals surface area contributed by atoms with E-state index in [2.05, 4.69) is 168 Å². The zero-order chi connectivity index (χ0) is 40.4. The molecule has 0 amide bonds. The van der Waals surface area contributed by atoms with E-state index in [1.165, 1.54) is 34.1 Å². The Morgan fingerprint density at radius 2 is 1.50 bits per heavy atom. The monoisotopic (exact) mass is 792 g/mol. The van der Waals surface area contributed by atoms with Gasteiger partial charge in [-0.05, 0) is 152 Å². The van der Waals surface area contributed by atoms with E-state index in [9.17, 15) is 10.0 Å². The maximum Gasteiger partial charge on any atom is 0.352 e. The van der Waals surface area contributed by atoms with Crippen LogP contribution < -0.4 is 21.6 Å². The van der Waals surface area contributed by atoms with E-state index in [0.29, 0.717) is 18.2 Å². The van der Waals surface area contributed by atoms with Gasteiger partial charge in [0.15, 0.2) is 5.65 Å². The molecule has 4 aromatic rings. The van der Waals surface area contributed by atoms with Gasteiger partial charge in [0.2, 0.25) is 10.4 Å². The molecule has 0 aliphatic heterocycles. The van der Waals surface area contributed by atoms with Crippen LogP contribution in [0.25, 0.3) is 15.9 Å². The molecule has 1 aromatic carbocycles. The van der Waals surface area contributed by atoms with Crippen LogP contribution in [0.15, 0.2) is 51.1 Å². The normalized spacial score (nSPS) is 10.3. The SMILES string of the molecule is CC#CC#CC#CC#CC#CC#CC#CC#CC#CC.COc1ccc(Cn2c(=O)n3ncnc3c3c(C)c(CNC4CC4)sc32)cc1.NN=NN=[N+]([O-])OS.[HH].[HH].[HH].[HH].[HH].[HH].[HH]. The summed E-state index contributed by atoms with van der Waals surface area (Å²) in [6.07, 6.45) is 3.95. The molecule has 1 aliphatic carbocycles. The molecule has 3 heterocycles. The number of nitrogens with two attached hydrogens (primary N) is 1. The number of hydrogen-bond donors (Lipinski definition) is 3. The minimum Gasteiger partial charge on any atom is -0.497 e. The smallest absolute Gasteiger partial charge is 0.352 e. The van der Waals surface area contributed by atoms with Gasteiger partial charge in [0.25, 0.3) is 0 Å². The lowest BCUT2D eigenvalue weighted by atomic mass is 10.2. The van der Waals surface area contributed by atoms with Crippen LogP contribution in [0.4, 0.5) is 0 Å². The Labute approximate surface area is 343 Å². The maximum atomic E-state index is 13.1. The maximum absolute atomic E-state index is 13.1. The van der Waals surface area contributed by atoms with Gasteiger partial charge >= 0.3 is 5.69 Å². The fraction of sp³-hybridized carbons (Fsp3) is 0.225. The van der Waals surface area contributed by atoms with Crippen molar-refractivity contribution < 1.29 is 24.0 Å². The van der Waals surface area contributed by atoms with Gasteiger partial charge in [0.05, 0.1) is 29.3 Å². The summed E-state index contributed by atoms with van der Waals surface area (Å²) in [7, 11) is 1.65. The zero-order valence-electron chi connectivity index (χ0n) is 30.4.